The third-order valence-corrected chi connectivity index (χ3v) is 3.26. The van der Waals surface area contributed by atoms with Crippen LogP contribution in [-0.2, 0) is 4.74 Å². The van der Waals surface area contributed by atoms with Gasteiger partial charge in [-0.05, 0) is 18.6 Å². The number of carbonyl (C=O) groups is 1. The highest BCUT2D eigenvalue weighted by atomic mass is 19.1. The molecule has 2 rings (SSSR count). The summed E-state index contributed by atoms with van der Waals surface area (Å²) in [6, 6.07) is 1.63. The number of hydrogen-bond donors (Lipinski definition) is 1. The third-order valence-electron chi connectivity index (χ3n) is 3.26. The molecule has 1 fully saturated rings. The van der Waals surface area contributed by atoms with Crippen molar-refractivity contribution >= 4 is 11.6 Å². The van der Waals surface area contributed by atoms with E-state index < -0.39 is 17.5 Å². The van der Waals surface area contributed by atoms with Gasteiger partial charge in [0.25, 0.3) is 5.91 Å². The minimum Gasteiger partial charge on any atom is -0.396 e. The van der Waals surface area contributed by atoms with E-state index in [0.29, 0.717) is 26.2 Å². The normalized spacial score (nSPS) is 19.5. The SMILES string of the molecule is CCC1COCCN1C(=O)c1cc(F)cc(N)c1F. The quantitative estimate of drug-likeness (QED) is 0.834. The minimum absolute atomic E-state index is 0.120. The standard InChI is InChI=1S/C13H16F2N2O2/c1-2-9-7-19-4-3-17(9)13(18)10-5-8(14)6-11(16)12(10)15/h5-6,9H,2-4,7,16H2,1H3. The molecular formula is C13H16F2N2O2. The number of hydrogen-bond acceptors (Lipinski definition) is 3. The zero-order valence-corrected chi connectivity index (χ0v) is 10.7. The van der Waals surface area contributed by atoms with E-state index in [2.05, 4.69) is 0 Å². The minimum atomic E-state index is -0.868. The molecule has 0 saturated carbocycles. The zero-order chi connectivity index (χ0) is 14.0. The Morgan fingerprint density at radius 1 is 1.53 bits per heavy atom. The molecular weight excluding hydrogens is 254 g/mol. The summed E-state index contributed by atoms with van der Waals surface area (Å²) in [7, 11) is 0. The van der Waals surface area contributed by atoms with Crippen LogP contribution >= 0.6 is 0 Å². The van der Waals surface area contributed by atoms with Gasteiger partial charge in [-0.15, -0.1) is 0 Å². The molecule has 6 heteroatoms. The molecule has 0 spiro atoms. The van der Waals surface area contributed by atoms with Crippen molar-refractivity contribution in [3.05, 3.63) is 29.3 Å². The van der Waals surface area contributed by atoms with E-state index >= 15 is 0 Å². The molecule has 4 nitrogen and oxygen atoms in total. The number of carbonyl (C=O) groups excluding carboxylic acids is 1. The van der Waals surface area contributed by atoms with Gasteiger partial charge in [-0.2, -0.15) is 0 Å². The molecule has 1 aliphatic rings. The first-order chi connectivity index (χ1) is 9.04. The highest BCUT2D eigenvalue weighted by Crippen LogP contribution is 2.21. The van der Waals surface area contributed by atoms with E-state index in [1.807, 2.05) is 6.92 Å². The molecule has 1 saturated heterocycles. The van der Waals surface area contributed by atoms with Gasteiger partial charge in [-0.25, -0.2) is 8.78 Å². The second kappa shape index (κ2) is 5.52. The van der Waals surface area contributed by atoms with Crippen molar-refractivity contribution in [2.24, 2.45) is 0 Å². The Morgan fingerprint density at radius 3 is 2.95 bits per heavy atom. The average Bonchev–Trinajstić information content (AvgIpc) is 2.42. The van der Waals surface area contributed by atoms with Crippen LogP contribution in [0.1, 0.15) is 23.7 Å². The molecule has 2 N–H and O–H groups in total. The number of nitrogens with two attached hydrogens (primary N) is 1. The summed E-state index contributed by atoms with van der Waals surface area (Å²) < 4.78 is 32.4. The fourth-order valence-corrected chi connectivity index (χ4v) is 2.18. The van der Waals surface area contributed by atoms with Gasteiger partial charge < -0.3 is 15.4 Å². The van der Waals surface area contributed by atoms with Crippen LogP contribution in [-0.4, -0.2) is 36.6 Å². The molecule has 1 aromatic carbocycles. The summed E-state index contributed by atoms with van der Waals surface area (Å²) in [5.41, 5.74) is 4.67. The predicted octanol–water partition coefficient (Wildman–Crippen LogP) is 1.80. The van der Waals surface area contributed by atoms with Crippen molar-refractivity contribution in [3.8, 4) is 0 Å². The van der Waals surface area contributed by atoms with E-state index in [4.69, 9.17) is 10.5 Å². The van der Waals surface area contributed by atoms with Crippen molar-refractivity contribution in [2.45, 2.75) is 19.4 Å². The Kier molecular flexibility index (Phi) is 3.99. The van der Waals surface area contributed by atoms with Gasteiger partial charge >= 0.3 is 0 Å². The smallest absolute Gasteiger partial charge is 0.257 e. The van der Waals surface area contributed by atoms with Crippen LogP contribution in [0.25, 0.3) is 0 Å². The topological polar surface area (TPSA) is 55.6 Å². The van der Waals surface area contributed by atoms with Crippen LogP contribution in [0.15, 0.2) is 12.1 Å². The monoisotopic (exact) mass is 270 g/mol. The van der Waals surface area contributed by atoms with Gasteiger partial charge in [-0.1, -0.05) is 6.92 Å². The van der Waals surface area contributed by atoms with E-state index in [1.54, 1.807) is 0 Å². The van der Waals surface area contributed by atoms with Crippen molar-refractivity contribution in [1.29, 1.82) is 0 Å². The number of nitrogen functional groups attached to an aromatic ring is 1. The summed E-state index contributed by atoms with van der Waals surface area (Å²) in [4.78, 5) is 13.8. The van der Waals surface area contributed by atoms with Crippen LogP contribution in [0, 0.1) is 11.6 Å². The van der Waals surface area contributed by atoms with E-state index in [-0.39, 0.29) is 17.3 Å². The highest BCUT2D eigenvalue weighted by molar-refractivity contribution is 5.95. The molecule has 1 aromatic rings. The van der Waals surface area contributed by atoms with Crippen molar-refractivity contribution in [1.82, 2.24) is 4.90 Å². The number of nitrogens with zero attached hydrogens (tertiary/aromatic N) is 1. The Morgan fingerprint density at radius 2 is 2.26 bits per heavy atom. The number of rotatable bonds is 2. The Labute approximate surface area is 110 Å². The lowest BCUT2D eigenvalue weighted by molar-refractivity contribution is -0.00304. The highest BCUT2D eigenvalue weighted by Gasteiger charge is 2.29. The molecule has 1 amide bonds. The van der Waals surface area contributed by atoms with Crippen LogP contribution < -0.4 is 5.73 Å². The van der Waals surface area contributed by atoms with Crippen molar-refractivity contribution in [2.75, 3.05) is 25.5 Å². The van der Waals surface area contributed by atoms with Gasteiger partial charge in [0, 0.05) is 6.54 Å². The molecule has 0 aliphatic carbocycles. The van der Waals surface area contributed by atoms with Crippen molar-refractivity contribution in [3.63, 3.8) is 0 Å². The second-order valence-corrected chi connectivity index (χ2v) is 4.49. The summed E-state index contributed by atoms with van der Waals surface area (Å²) in [5.74, 6) is -2.13. The molecule has 1 aliphatic heterocycles. The van der Waals surface area contributed by atoms with Gasteiger partial charge in [0.1, 0.15) is 5.82 Å². The predicted molar refractivity (Wildman–Crippen MR) is 66.7 cm³/mol. The number of amides is 1. The fraction of sp³-hybridized carbons (Fsp3) is 0.462. The molecule has 0 bridgehead atoms. The van der Waals surface area contributed by atoms with Crippen LogP contribution in [0.2, 0.25) is 0 Å². The Bertz CT molecular complexity index is 494. The number of benzene rings is 1. The summed E-state index contributed by atoms with van der Waals surface area (Å²) in [6.07, 6.45) is 0.693. The van der Waals surface area contributed by atoms with Gasteiger partial charge in [-0.3, -0.25) is 4.79 Å². The first-order valence-electron chi connectivity index (χ1n) is 6.17. The zero-order valence-electron chi connectivity index (χ0n) is 10.7. The number of ether oxygens (including phenoxy) is 1. The molecule has 104 valence electrons. The van der Waals surface area contributed by atoms with Crippen LogP contribution in [0.5, 0.6) is 0 Å². The van der Waals surface area contributed by atoms with Crippen LogP contribution in [0.4, 0.5) is 14.5 Å². The molecule has 1 unspecified atom stereocenters. The first kappa shape index (κ1) is 13.7. The lowest BCUT2D eigenvalue weighted by Crippen LogP contribution is -2.48. The number of anilines is 1. The third kappa shape index (κ3) is 2.68. The maximum absolute atomic E-state index is 13.8. The maximum Gasteiger partial charge on any atom is 0.257 e. The fourth-order valence-electron chi connectivity index (χ4n) is 2.18. The Balaban J connectivity index is 2.33. The maximum atomic E-state index is 13.8. The van der Waals surface area contributed by atoms with Gasteiger partial charge in [0.05, 0.1) is 30.5 Å². The molecule has 19 heavy (non-hydrogen) atoms. The molecule has 0 aromatic heterocycles. The first-order valence-corrected chi connectivity index (χ1v) is 6.17. The average molecular weight is 270 g/mol. The van der Waals surface area contributed by atoms with Crippen molar-refractivity contribution < 1.29 is 18.3 Å². The summed E-state index contributed by atoms with van der Waals surface area (Å²) >= 11 is 0. The molecule has 1 heterocycles. The second-order valence-electron chi connectivity index (χ2n) is 4.49. The molecule has 1 atom stereocenters. The van der Waals surface area contributed by atoms with E-state index in [1.165, 1.54) is 4.90 Å². The largest absolute Gasteiger partial charge is 0.396 e. The lowest BCUT2D eigenvalue weighted by Gasteiger charge is -2.35. The van der Waals surface area contributed by atoms with E-state index in [0.717, 1.165) is 12.1 Å². The van der Waals surface area contributed by atoms with E-state index in [9.17, 15) is 13.6 Å². The van der Waals surface area contributed by atoms with Gasteiger partial charge in [0.2, 0.25) is 0 Å². The number of halogens is 2. The lowest BCUT2D eigenvalue weighted by atomic mass is 10.1. The summed E-state index contributed by atoms with van der Waals surface area (Å²) in [6.45, 7) is 3.09. The Hall–Kier alpha value is -1.69. The van der Waals surface area contributed by atoms with Gasteiger partial charge in [0.15, 0.2) is 5.82 Å². The molecule has 0 radical (unpaired) electrons. The summed E-state index contributed by atoms with van der Waals surface area (Å²) in [5, 5.41) is 0. The van der Waals surface area contributed by atoms with Crippen LogP contribution in [0.3, 0.4) is 0 Å². The number of morpholine rings is 1.